The van der Waals surface area contributed by atoms with Crippen molar-refractivity contribution in [3.8, 4) is 11.5 Å². The van der Waals surface area contributed by atoms with Crippen LogP contribution < -0.4 is 14.8 Å². The molecule has 0 bridgehead atoms. The maximum atomic E-state index is 12.1. The molecule has 6 heteroatoms. The van der Waals surface area contributed by atoms with E-state index in [1.807, 2.05) is 38.1 Å². The SMILES string of the molecule is CC[C@H](NC(=O)COC(=O)/C=C/c1ccc2c(c1)OCO2)c1ccc(C)cc1. The van der Waals surface area contributed by atoms with Crippen molar-refractivity contribution in [1.82, 2.24) is 5.32 Å². The number of amides is 1. The fraction of sp³-hybridized carbons (Fsp3) is 0.273. The molecule has 1 atom stereocenters. The van der Waals surface area contributed by atoms with Crippen molar-refractivity contribution >= 4 is 18.0 Å². The van der Waals surface area contributed by atoms with Crippen LogP contribution in [0.15, 0.2) is 48.5 Å². The normalized spacial score (nSPS) is 13.4. The van der Waals surface area contributed by atoms with E-state index in [0.717, 1.165) is 23.1 Å². The zero-order valence-electron chi connectivity index (χ0n) is 15.9. The highest BCUT2D eigenvalue weighted by atomic mass is 16.7. The zero-order chi connectivity index (χ0) is 19.9. The van der Waals surface area contributed by atoms with E-state index in [0.29, 0.717) is 11.5 Å². The predicted octanol–water partition coefficient (Wildman–Crippen LogP) is 3.55. The number of nitrogens with one attached hydrogen (secondary N) is 1. The highest BCUT2D eigenvalue weighted by Crippen LogP contribution is 2.32. The Morgan fingerprint density at radius 1 is 1.14 bits per heavy atom. The minimum absolute atomic E-state index is 0.115. The van der Waals surface area contributed by atoms with Crippen LogP contribution in [0.3, 0.4) is 0 Å². The van der Waals surface area contributed by atoms with Gasteiger partial charge < -0.3 is 19.5 Å². The number of carbonyl (C=O) groups is 2. The zero-order valence-corrected chi connectivity index (χ0v) is 15.9. The molecule has 6 nitrogen and oxygen atoms in total. The van der Waals surface area contributed by atoms with Gasteiger partial charge >= 0.3 is 5.97 Å². The second-order valence-corrected chi connectivity index (χ2v) is 6.49. The van der Waals surface area contributed by atoms with Crippen LogP contribution in [0.1, 0.15) is 36.1 Å². The van der Waals surface area contributed by atoms with E-state index in [4.69, 9.17) is 14.2 Å². The van der Waals surface area contributed by atoms with Crippen molar-refractivity contribution in [1.29, 1.82) is 0 Å². The van der Waals surface area contributed by atoms with Crippen molar-refractivity contribution in [2.45, 2.75) is 26.3 Å². The van der Waals surface area contributed by atoms with Gasteiger partial charge in [-0.15, -0.1) is 0 Å². The number of hydrogen-bond donors (Lipinski definition) is 1. The highest BCUT2D eigenvalue weighted by molar-refractivity contribution is 5.89. The first-order valence-corrected chi connectivity index (χ1v) is 9.15. The van der Waals surface area contributed by atoms with Gasteiger partial charge in [-0.1, -0.05) is 42.8 Å². The molecule has 0 aliphatic carbocycles. The summed E-state index contributed by atoms with van der Waals surface area (Å²) >= 11 is 0. The quantitative estimate of drug-likeness (QED) is 0.586. The van der Waals surface area contributed by atoms with Crippen molar-refractivity contribution < 1.29 is 23.8 Å². The van der Waals surface area contributed by atoms with Crippen LogP contribution in [-0.2, 0) is 14.3 Å². The standard InChI is InChI=1S/C22H23NO5/c1-3-18(17-8-4-15(2)5-9-17)23-21(24)13-26-22(25)11-7-16-6-10-19-20(12-16)28-14-27-19/h4-12,18H,3,13-14H2,1-2H3,(H,23,24)/b11-7+/t18-/m0/s1. The molecular formula is C22H23NO5. The number of aryl methyl sites for hydroxylation is 1. The molecule has 2 aromatic carbocycles. The van der Waals surface area contributed by atoms with Crippen molar-refractivity contribution in [2.75, 3.05) is 13.4 Å². The van der Waals surface area contributed by atoms with E-state index < -0.39 is 5.97 Å². The Bertz CT molecular complexity index is 873. The van der Waals surface area contributed by atoms with Gasteiger partial charge in [0.15, 0.2) is 18.1 Å². The van der Waals surface area contributed by atoms with Crippen LogP contribution in [0.5, 0.6) is 11.5 Å². The van der Waals surface area contributed by atoms with Gasteiger partial charge in [-0.3, -0.25) is 4.79 Å². The van der Waals surface area contributed by atoms with Gasteiger partial charge in [0.25, 0.3) is 5.91 Å². The monoisotopic (exact) mass is 381 g/mol. The van der Waals surface area contributed by atoms with E-state index in [2.05, 4.69) is 5.32 Å². The fourth-order valence-corrected chi connectivity index (χ4v) is 2.82. The first kappa shape index (κ1) is 19.5. The molecule has 0 aromatic heterocycles. The van der Waals surface area contributed by atoms with Crippen LogP contribution in [0.2, 0.25) is 0 Å². The lowest BCUT2D eigenvalue weighted by molar-refractivity contribution is -0.144. The molecule has 0 spiro atoms. The summed E-state index contributed by atoms with van der Waals surface area (Å²) in [5.41, 5.74) is 2.96. The minimum atomic E-state index is -0.587. The van der Waals surface area contributed by atoms with E-state index in [-0.39, 0.29) is 25.3 Å². The summed E-state index contributed by atoms with van der Waals surface area (Å²) in [6.45, 7) is 3.87. The molecule has 1 aliphatic heterocycles. The number of esters is 1. The Kier molecular flexibility index (Phi) is 6.32. The molecule has 0 saturated heterocycles. The van der Waals surface area contributed by atoms with E-state index >= 15 is 0 Å². The Balaban J connectivity index is 1.48. The summed E-state index contributed by atoms with van der Waals surface area (Å²) in [6.07, 6.45) is 3.62. The molecule has 1 N–H and O–H groups in total. The molecule has 2 aromatic rings. The number of hydrogen-bond acceptors (Lipinski definition) is 5. The smallest absolute Gasteiger partial charge is 0.331 e. The first-order chi connectivity index (χ1) is 13.5. The van der Waals surface area contributed by atoms with Gasteiger partial charge in [0.05, 0.1) is 6.04 Å². The van der Waals surface area contributed by atoms with Crippen molar-refractivity contribution in [3.63, 3.8) is 0 Å². The minimum Gasteiger partial charge on any atom is -0.454 e. The average Bonchev–Trinajstić information content (AvgIpc) is 3.17. The molecule has 0 saturated carbocycles. The van der Waals surface area contributed by atoms with Crippen LogP contribution >= 0.6 is 0 Å². The second kappa shape index (κ2) is 9.08. The van der Waals surface area contributed by atoms with Crippen LogP contribution in [0, 0.1) is 6.92 Å². The molecule has 1 aliphatic rings. The molecule has 1 amide bonds. The molecule has 3 rings (SSSR count). The number of rotatable bonds is 7. The Morgan fingerprint density at radius 2 is 1.89 bits per heavy atom. The maximum Gasteiger partial charge on any atom is 0.331 e. The summed E-state index contributed by atoms with van der Waals surface area (Å²) in [6, 6.07) is 13.2. The number of fused-ring (bicyclic) bond motifs is 1. The van der Waals surface area contributed by atoms with Crippen molar-refractivity contribution in [2.24, 2.45) is 0 Å². The van der Waals surface area contributed by atoms with E-state index in [1.165, 1.54) is 6.08 Å². The maximum absolute atomic E-state index is 12.1. The third-order valence-corrected chi connectivity index (χ3v) is 4.38. The molecule has 146 valence electrons. The van der Waals surface area contributed by atoms with Crippen LogP contribution in [-0.4, -0.2) is 25.3 Å². The number of ether oxygens (including phenoxy) is 3. The first-order valence-electron chi connectivity index (χ1n) is 9.15. The predicted molar refractivity (Wildman–Crippen MR) is 105 cm³/mol. The number of benzene rings is 2. The van der Waals surface area contributed by atoms with E-state index in [1.54, 1.807) is 24.3 Å². The molecule has 0 fully saturated rings. The summed E-state index contributed by atoms with van der Waals surface area (Å²) in [7, 11) is 0. The lowest BCUT2D eigenvalue weighted by Gasteiger charge is -2.17. The van der Waals surface area contributed by atoms with Crippen LogP contribution in [0.25, 0.3) is 6.08 Å². The van der Waals surface area contributed by atoms with Gasteiger partial charge in [0.1, 0.15) is 0 Å². The lowest BCUT2D eigenvalue weighted by Crippen LogP contribution is -2.32. The number of carbonyl (C=O) groups excluding carboxylic acids is 2. The summed E-state index contributed by atoms with van der Waals surface area (Å²) in [4.78, 5) is 24.0. The molecule has 0 unspecified atom stereocenters. The topological polar surface area (TPSA) is 73.9 Å². The van der Waals surface area contributed by atoms with E-state index in [9.17, 15) is 9.59 Å². The van der Waals surface area contributed by atoms with Crippen molar-refractivity contribution in [3.05, 3.63) is 65.2 Å². The van der Waals surface area contributed by atoms with Gasteiger partial charge in [-0.05, 0) is 42.7 Å². The summed E-state index contributed by atoms with van der Waals surface area (Å²) < 4.78 is 15.6. The second-order valence-electron chi connectivity index (χ2n) is 6.49. The van der Waals surface area contributed by atoms with Gasteiger partial charge in [-0.2, -0.15) is 0 Å². The molecule has 1 heterocycles. The highest BCUT2D eigenvalue weighted by Gasteiger charge is 2.14. The third-order valence-electron chi connectivity index (χ3n) is 4.38. The molecule has 0 radical (unpaired) electrons. The summed E-state index contributed by atoms with van der Waals surface area (Å²) in [5, 5.41) is 2.89. The Labute approximate surface area is 164 Å². The fourth-order valence-electron chi connectivity index (χ4n) is 2.82. The average molecular weight is 381 g/mol. The van der Waals surface area contributed by atoms with Gasteiger partial charge in [-0.25, -0.2) is 4.79 Å². The third kappa shape index (κ3) is 5.13. The Morgan fingerprint density at radius 3 is 2.64 bits per heavy atom. The largest absolute Gasteiger partial charge is 0.454 e. The Hall–Kier alpha value is -3.28. The molecular weight excluding hydrogens is 358 g/mol. The van der Waals surface area contributed by atoms with Gasteiger partial charge in [0, 0.05) is 6.08 Å². The lowest BCUT2D eigenvalue weighted by atomic mass is 10.0. The van der Waals surface area contributed by atoms with Gasteiger partial charge in [0.2, 0.25) is 6.79 Å². The summed E-state index contributed by atoms with van der Waals surface area (Å²) in [5.74, 6) is 0.389. The molecule has 28 heavy (non-hydrogen) atoms. The van der Waals surface area contributed by atoms with Crippen LogP contribution in [0.4, 0.5) is 0 Å².